The molecule has 35 heavy (non-hydrogen) atoms. The molecule has 2 amide bonds. The second kappa shape index (κ2) is 11.5. The van der Waals surface area contributed by atoms with E-state index in [-0.39, 0.29) is 24.1 Å². The summed E-state index contributed by atoms with van der Waals surface area (Å²) in [5, 5.41) is 3.01. The molecular weight excluding hydrogens is 510 g/mol. The lowest BCUT2D eigenvalue weighted by atomic mass is 9.93. The Labute approximate surface area is 218 Å². The molecule has 1 aromatic heterocycles. The van der Waals surface area contributed by atoms with Gasteiger partial charge in [-0.1, -0.05) is 35.3 Å². The molecule has 4 rings (SSSR count). The molecule has 5 nitrogen and oxygen atoms in total. The van der Waals surface area contributed by atoms with Crippen LogP contribution in [0.3, 0.4) is 0 Å². The van der Waals surface area contributed by atoms with Crippen LogP contribution in [-0.4, -0.2) is 55.0 Å². The number of fused-ring (bicyclic) bond motifs is 1. The molecule has 1 atom stereocenters. The normalized spacial score (nSPS) is 15.1. The monoisotopic (exact) mass is 534 g/mol. The zero-order valence-electron chi connectivity index (χ0n) is 19.2. The number of carbonyl (C=O) groups excluding carboxylic acids is 2. The van der Waals surface area contributed by atoms with E-state index in [1.165, 1.54) is 28.0 Å². The Hall–Kier alpha value is -2.45. The van der Waals surface area contributed by atoms with E-state index in [0.29, 0.717) is 36.2 Å². The highest BCUT2D eigenvalue weighted by molar-refractivity contribution is 7.10. The fourth-order valence-electron chi connectivity index (χ4n) is 4.35. The van der Waals surface area contributed by atoms with Gasteiger partial charge < -0.3 is 14.5 Å². The van der Waals surface area contributed by atoms with Crippen LogP contribution in [0, 0.1) is 5.82 Å². The quantitative estimate of drug-likeness (QED) is 0.340. The highest BCUT2D eigenvalue weighted by Gasteiger charge is 2.35. The average Bonchev–Trinajstić information content (AvgIpc) is 3.32. The summed E-state index contributed by atoms with van der Waals surface area (Å²) in [7, 11) is 1.58. The van der Waals surface area contributed by atoms with E-state index in [2.05, 4.69) is 0 Å². The lowest BCUT2D eigenvalue weighted by Gasteiger charge is -2.38. The van der Waals surface area contributed by atoms with Crippen LogP contribution in [-0.2, 0) is 16.0 Å². The summed E-state index contributed by atoms with van der Waals surface area (Å²) in [6, 6.07) is 12.4. The van der Waals surface area contributed by atoms with Crippen molar-refractivity contribution in [1.29, 1.82) is 0 Å². The summed E-state index contributed by atoms with van der Waals surface area (Å²) in [4.78, 5) is 31.4. The van der Waals surface area contributed by atoms with E-state index in [0.717, 1.165) is 17.5 Å². The second-order valence-corrected chi connectivity index (χ2v) is 10.1. The zero-order chi connectivity index (χ0) is 24.9. The zero-order valence-corrected chi connectivity index (χ0v) is 21.5. The van der Waals surface area contributed by atoms with Gasteiger partial charge in [-0.15, -0.1) is 11.3 Å². The Morgan fingerprint density at radius 2 is 2.00 bits per heavy atom. The summed E-state index contributed by atoms with van der Waals surface area (Å²) in [5.74, 6) is -1.11. The lowest BCUT2D eigenvalue weighted by molar-refractivity contribution is -0.134. The first-order valence-corrected chi connectivity index (χ1v) is 12.9. The number of rotatable bonds is 8. The van der Waals surface area contributed by atoms with Gasteiger partial charge in [0, 0.05) is 47.3 Å². The number of carbonyl (C=O) groups is 2. The summed E-state index contributed by atoms with van der Waals surface area (Å²) >= 11 is 14.3. The maximum Gasteiger partial charge on any atom is 0.254 e. The molecule has 0 spiro atoms. The third kappa shape index (κ3) is 5.86. The second-order valence-electron chi connectivity index (χ2n) is 8.29. The van der Waals surface area contributed by atoms with Gasteiger partial charge in [0.1, 0.15) is 12.4 Å². The highest BCUT2D eigenvalue weighted by Crippen LogP contribution is 2.41. The number of methoxy groups -OCH3 is 1. The summed E-state index contributed by atoms with van der Waals surface area (Å²) in [6.07, 6.45) is 1.27. The average molecular weight is 535 g/mol. The Bertz CT molecular complexity index is 1220. The summed E-state index contributed by atoms with van der Waals surface area (Å²) in [6.45, 7) is 1.10. The van der Waals surface area contributed by atoms with Gasteiger partial charge in [-0.3, -0.25) is 9.59 Å². The molecule has 184 valence electrons. The van der Waals surface area contributed by atoms with Crippen LogP contribution in [0.2, 0.25) is 10.0 Å². The molecule has 2 heterocycles. The standard InChI is InChI=1S/C26H25Cl2FN2O3S/c1-34-12-3-10-30(26(33)17-4-2-5-19(29)14-17)16-24(32)31-11-8-23-21(9-13-35-23)25(31)20-7-6-18(27)15-22(20)28/h2,4-7,9,13-15,25H,3,8,10-12,16H2,1H3. The van der Waals surface area contributed by atoms with Gasteiger partial charge in [-0.05, 0) is 65.7 Å². The molecular formula is C26H25Cl2FN2O3S. The number of benzene rings is 2. The van der Waals surface area contributed by atoms with E-state index >= 15 is 0 Å². The minimum atomic E-state index is -0.502. The molecule has 0 radical (unpaired) electrons. The fourth-order valence-corrected chi connectivity index (χ4v) is 5.77. The van der Waals surface area contributed by atoms with Crippen molar-refractivity contribution in [2.75, 3.05) is 33.4 Å². The molecule has 0 fully saturated rings. The van der Waals surface area contributed by atoms with Crippen molar-refractivity contribution in [2.45, 2.75) is 18.9 Å². The number of nitrogens with zero attached hydrogens (tertiary/aromatic N) is 2. The van der Waals surface area contributed by atoms with Crippen molar-refractivity contribution in [3.8, 4) is 0 Å². The van der Waals surface area contributed by atoms with Gasteiger partial charge in [0.25, 0.3) is 5.91 Å². The van der Waals surface area contributed by atoms with Crippen LogP contribution in [0.1, 0.15) is 38.8 Å². The lowest BCUT2D eigenvalue weighted by Crippen LogP contribution is -2.47. The van der Waals surface area contributed by atoms with Crippen molar-refractivity contribution in [1.82, 2.24) is 9.80 Å². The van der Waals surface area contributed by atoms with Crippen molar-refractivity contribution in [2.24, 2.45) is 0 Å². The SMILES string of the molecule is COCCCN(CC(=O)N1CCc2sccc2C1c1ccc(Cl)cc1Cl)C(=O)c1cccc(F)c1. The molecule has 1 aliphatic rings. The minimum absolute atomic E-state index is 0.139. The fraction of sp³-hybridized carbons (Fsp3) is 0.308. The van der Waals surface area contributed by atoms with Crippen LogP contribution in [0.4, 0.5) is 4.39 Å². The summed E-state index contributed by atoms with van der Waals surface area (Å²) in [5.41, 5.74) is 2.01. The molecule has 3 aromatic rings. The molecule has 1 aliphatic heterocycles. The van der Waals surface area contributed by atoms with Crippen LogP contribution in [0.25, 0.3) is 0 Å². The Balaban J connectivity index is 1.63. The van der Waals surface area contributed by atoms with Crippen LogP contribution in [0.5, 0.6) is 0 Å². The van der Waals surface area contributed by atoms with Gasteiger partial charge in [0.05, 0.1) is 6.04 Å². The van der Waals surface area contributed by atoms with Crippen molar-refractivity contribution in [3.05, 3.63) is 91.3 Å². The Kier molecular flexibility index (Phi) is 8.44. The molecule has 0 saturated carbocycles. The largest absolute Gasteiger partial charge is 0.385 e. The van der Waals surface area contributed by atoms with Gasteiger partial charge in [-0.2, -0.15) is 0 Å². The van der Waals surface area contributed by atoms with Crippen molar-refractivity contribution in [3.63, 3.8) is 0 Å². The minimum Gasteiger partial charge on any atom is -0.385 e. The molecule has 9 heteroatoms. The molecule has 1 unspecified atom stereocenters. The van der Waals surface area contributed by atoms with E-state index < -0.39 is 11.7 Å². The molecule has 0 bridgehead atoms. The van der Waals surface area contributed by atoms with E-state index in [9.17, 15) is 14.0 Å². The smallest absolute Gasteiger partial charge is 0.254 e. The number of amides is 2. The Morgan fingerprint density at radius 1 is 1.17 bits per heavy atom. The molecule has 0 N–H and O–H groups in total. The number of ether oxygens (including phenoxy) is 1. The van der Waals surface area contributed by atoms with Crippen LogP contribution in [0.15, 0.2) is 53.9 Å². The van der Waals surface area contributed by atoms with Gasteiger partial charge in [0.2, 0.25) is 5.91 Å². The first-order valence-electron chi connectivity index (χ1n) is 11.2. The van der Waals surface area contributed by atoms with E-state index in [4.69, 9.17) is 27.9 Å². The highest BCUT2D eigenvalue weighted by atomic mass is 35.5. The van der Waals surface area contributed by atoms with Crippen LogP contribution >= 0.6 is 34.5 Å². The number of thiophene rings is 1. The van der Waals surface area contributed by atoms with Crippen molar-refractivity contribution < 1.29 is 18.7 Å². The number of halogens is 3. The predicted molar refractivity (Wildman–Crippen MR) is 137 cm³/mol. The molecule has 0 saturated heterocycles. The topological polar surface area (TPSA) is 49.9 Å². The van der Waals surface area contributed by atoms with Crippen molar-refractivity contribution >= 4 is 46.4 Å². The summed E-state index contributed by atoms with van der Waals surface area (Å²) < 4.78 is 18.9. The number of hydrogen-bond acceptors (Lipinski definition) is 4. The van der Waals surface area contributed by atoms with E-state index in [1.807, 2.05) is 17.5 Å². The van der Waals surface area contributed by atoms with Gasteiger partial charge in [0.15, 0.2) is 0 Å². The molecule has 0 aliphatic carbocycles. The van der Waals surface area contributed by atoms with E-state index in [1.54, 1.807) is 41.5 Å². The third-order valence-electron chi connectivity index (χ3n) is 6.00. The van der Waals surface area contributed by atoms with Crippen LogP contribution < -0.4 is 0 Å². The maximum absolute atomic E-state index is 13.8. The first-order chi connectivity index (χ1) is 16.9. The Morgan fingerprint density at radius 3 is 2.74 bits per heavy atom. The first kappa shape index (κ1) is 25.6. The number of hydrogen-bond donors (Lipinski definition) is 0. The predicted octanol–water partition coefficient (Wildman–Crippen LogP) is 5.85. The maximum atomic E-state index is 13.8. The van der Waals surface area contributed by atoms with Gasteiger partial charge in [-0.25, -0.2) is 4.39 Å². The molecule has 2 aromatic carbocycles. The van der Waals surface area contributed by atoms with Gasteiger partial charge >= 0.3 is 0 Å². The third-order valence-corrected chi connectivity index (χ3v) is 7.56.